The summed E-state index contributed by atoms with van der Waals surface area (Å²) in [5.41, 5.74) is 2.18. The summed E-state index contributed by atoms with van der Waals surface area (Å²) in [6.07, 6.45) is 5.87. The van der Waals surface area contributed by atoms with Gasteiger partial charge in [-0.1, -0.05) is 0 Å². The normalized spacial score (nSPS) is 10.3. The van der Waals surface area contributed by atoms with E-state index in [0.29, 0.717) is 11.4 Å². The average Bonchev–Trinajstić information content (AvgIpc) is 2.16. The van der Waals surface area contributed by atoms with Gasteiger partial charge in [-0.25, -0.2) is 15.4 Å². The molecule has 0 radical (unpaired) electrons. The van der Waals surface area contributed by atoms with Crippen LogP contribution in [-0.4, -0.2) is 21.1 Å². The molecule has 0 aromatic carbocycles. The van der Waals surface area contributed by atoms with Crippen LogP contribution in [0.3, 0.4) is 0 Å². The first-order valence-electron chi connectivity index (χ1n) is 3.63. The molecule has 1 rings (SSSR count). The quantitative estimate of drug-likeness (QED) is 0.389. The summed E-state index contributed by atoms with van der Waals surface area (Å²) in [6, 6.07) is 0. The van der Waals surface area contributed by atoms with Crippen molar-refractivity contribution in [3.63, 3.8) is 0 Å². The maximum atomic E-state index is 10.6. The second-order valence-corrected chi connectivity index (χ2v) is 2.37. The van der Waals surface area contributed by atoms with E-state index in [1.165, 1.54) is 17.6 Å². The van der Waals surface area contributed by atoms with Gasteiger partial charge in [-0.3, -0.25) is 10.0 Å². The van der Waals surface area contributed by atoms with Crippen LogP contribution >= 0.6 is 0 Å². The molecule has 0 bridgehead atoms. The van der Waals surface area contributed by atoms with Crippen LogP contribution in [0.2, 0.25) is 0 Å². The van der Waals surface area contributed by atoms with E-state index in [4.69, 9.17) is 5.21 Å². The van der Waals surface area contributed by atoms with Crippen molar-refractivity contribution in [3.05, 3.63) is 29.9 Å². The van der Waals surface area contributed by atoms with Gasteiger partial charge in [-0.05, 0) is 13.0 Å². The molecule has 13 heavy (non-hydrogen) atoms. The zero-order valence-electron chi connectivity index (χ0n) is 7.06. The van der Waals surface area contributed by atoms with Gasteiger partial charge in [0.2, 0.25) is 0 Å². The molecule has 1 aromatic rings. The van der Waals surface area contributed by atoms with Gasteiger partial charge in [0, 0.05) is 24.0 Å². The van der Waals surface area contributed by atoms with Crippen LogP contribution in [0.5, 0.6) is 0 Å². The molecule has 0 saturated heterocycles. The zero-order valence-corrected chi connectivity index (χ0v) is 7.06. The van der Waals surface area contributed by atoms with Crippen LogP contribution < -0.4 is 5.48 Å². The van der Waals surface area contributed by atoms with Crippen molar-refractivity contribution in [3.8, 4) is 0 Å². The minimum Gasteiger partial charge on any atom is -0.288 e. The summed E-state index contributed by atoms with van der Waals surface area (Å²) >= 11 is 0. The third-order valence-electron chi connectivity index (χ3n) is 1.34. The molecule has 0 fully saturated rings. The van der Waals surface area contributed by atoms with E-state index in [-0.39, 0.29) is 0 Å². The Bertz CT molecular complexity index is 319. The fourth-order valence-electron chi connectivity index (χ4n) is 0.698. The van der Waals surface area contributed by atoms with E-state index >= 15 is 0 Å². The number of nitrogens with zero attached hydrogens (tertiary/aromatic N) is 2. The van der Waals surface area contributed by atoms with Crippen molar-refractivity contribution in [2.24, 2.45) is 0 Å². The number of hydrogen-bond acceptors (Lipinski definition) is 4. The first kappa shape index (κ1) is 9.34. The monoisotopic (exact) mass is 179 g/mol. The lowest BCUT2D eigenvalue weighted by Crippen LogP contribution is -2.14. The van der Waals surface area contributed by atoms with E-state index in [9.17, 15) is 4.79 Å². The van der Waals surface area contributed by atoms with Crippen molar-refractivity contribution in [2.45, 2.75) is 6.92 Å². The van der Waals surface area contributed by atoms with Crippen molar-refractivity contribution < 1.29 is 10.0 Å². The van der Waals surface area contributed by atoms with Gasteiger partial charge in [0.15, 0.2) is 0 Å². The van der Waals surface area contributed by atoms with Crippen molar-refractivity contribution in [2.75, 3.05) is 0 Å². The fourth-order valence-corrected chi connectivity index (χ4v) is 0.698. The topological polar surface area (TPSA) is 75.1 Å². The highest BCUT2D eigenvalue weighted by molar-refractivity contribution is 5.90. The van der Waals surface area contributed by atoms with Gasteiger partial charge >= 0.3 is 0 Å². The second kappa shape index (κ2) is 4.32. The lowest BCUT2D eigenvalue weighted by molar-refractivity contribution is -0.124. The number of carbonyl (C=O) groups excluding carboxylic acids is 1. The number of carbonyl (C=O) groups is 1. The summed E-state index contributed by atoms with van der Waals surface area (Å²) in [5, 5.41) is 8.17. The van der Waals surface area contributed by atoms with E-state index < -0.39 is 5.91 Å². The van der Waals surface area contributed by atoms with Gasteiger partial charge in [-0.2, -0.15) is 0 Å². The summed E-state index contributed by atoms with van der Waals surface area (Å²) in [4.78, 5) is 18.4. The number of amides is 1. The molecular weight excluding hydrogens is 170 g/mol. The Morgan fingerprint density at radius 2 is 2.15 bits per heavy atom. The molecule has 0 aliphatic heterocycles. The molecule has 2 N–H and O–H groups in total. The Labute approximate surface area is 75.1 Å². The van der Waals surface area contributed by atoms with Crippen molar-refractivity contribution in [1.82, 2.24) is 15.4 Å². The third-order valence-corrected chi connectivity index (χ3v) is 1.34. The number of aromatic nitrogens is 2. The average molecular weight is 179 g/mol. The van der Waals surface area contributed by atoms with Crippen LogP contribution in [0.15, 0.2) is 18.5 Å². The molecule has 1 amide bonds. The lowest BCUT2D eigenvalue weighted by atomic mass is 10.3. The number of nitrogens with one attached hydrogen (secondary N) is 1. The minimum absolute atomic E-state index is 0.583. The molecule has 1 aromatic heterocycles. The highest BCUT2D eigenvalue weighted by atomic mass is 16.5. The van der Waals surface area contributed by atoms with E-state index in [2.05, 4.69) is 9.97 Å². The molecule has 0 atom stereocenters. The van der Waals surface area contributed by atoms with E-state index in [0.717, 1.165) is 0 Å². The van der Waals surface area contributed by atoms with Gasteiger partial charge in [0.05, 0.1) is 0 Å². The lowest BCUT2D eigenvalue weighted by Gasteiger charge is -1.92. The highest BCUT2D eigenvalue weighted by Crippen LogP contribution is 1.97. The van der Waals surface area contributed by atoms with Crippen molar-refractivity contribution >= 4 is 12.0 Å². The van der Waals surface area contributed by atoms with Crippen LogP contribution in [-0.2, 0) is 4.79 Å². The Kier molecular flexibility index (Phi) is 3.10. The number of aryl methyl sites for hydroxylation is 1. The molecule has 0 spiro atoms. The first-order chi connectivity index (χ1) is 6.22. The SMILES string of the molecule is Cc1ncc(/C=C/C(=O)NO)cn1. The molecular formula is C8H9N3O2. The standard InChI is InChI=1S/C8H9N3O2/c1-6-9-4-7(5-10-6)2-3-8(12)11-13/h2-5,13H,1H3,(H,11,12)/b3-2+. The van der Waals surface area contributed by atoms with Gasteiger partial charge < -0.3 is 0 Å². The molecule has 0 aliphatic rings. The molecule has 0 unspecified atom stereocenters. The summed E-state index contributed by atoms with van der Waals surface area (Å²) in [7, 11) is 0. The highest BCUT2D eigenvalue weighted by Gasteiger charge is 1.91. The number of hydroxylamine groups is 1. The van der Waals surface area contributed by atoms with E-state index in [1.807, 2.05) is 0 Å². The Hall–Kier alpha value is -1.75. The summed E-state index contributed by atoms with van der Waals surface area (Å²) < 4.78 is 0. The van der Waals surface area contributed by atoms with Gasteiger partial charge in [0.25, 0.3) is 5.91 Å². The second-order valence-electron chi connectivity index (χ2n) is 2.37. The zero-order chi connectivity index (χ0) is 9.68. The van der Waals surface area contributed by atoms with Crippen LogP contribution in [0.1, 0.15) is 11.4 Å². The first-order valence-corrected chi connectivity index (χ1v) is 3.63. The smallest absolute Gasteiger partial charge is 0.267 e. The Morgan fingerprint density at radius 1 is 1.54 bits per heavy atom. The van der Waals surface area contributed by atoms with E-state index in [1.54, 1.807) is 19.3 Å². The minimum atomic E-state index is -0.583. The molecule has 0 saturated carbocycles. The van der Waals surface area contributed by atoms with Crippen LogP contribution in [0.4, 0.5) is 0 Å². The number of hydrogen-bond donors (Lipinski definition) is 2. The molecule has 1 heterocycles. The van der Waals surface area contributed by atoms with Crippen LogP contribution in [0.25, 0.3) is 6.08 Å². The predicted molar refractivity (Wildman–Crippen MR) is 45.7 cm³/mol. The van der Waals surface area contributed by atoms with Gasteiger partial charge in [0.1, 0.15) is 5.82 Å². The van der Waals surface area contributed by atoms with Crippen molar-refractivity contribution in [1.29, 1.82) is 0 Å². The summed E-state index contributed by atoms with van der Waals surface area (Å²) in [5.74, 6) is 0.0873. The molecule has 5 nitrogen and oxygen atoms in total. The molecule has 5 heteroatoms. The predicted octanol–water partition coefficient (Wildman–Crippen LogP) is 0.304. The maximum Gasteiger partial charge on any atom is 0.267 e. The largest absolute Gasteiger partial charge is 0.288 e. The van der Waals surface area contributed by atoms with Crippen LogP contribution in [0, 0.1) is 6.92 Å². The Balaban J connectivity index is 2.69. The molecule has 0 aliphatic carbocycles. The fraction of sp³-hybridized carbons (Fsp3) is 0.125. The summed E-state index contributed by atoms with van der Waals surface area (Å²) in [6.45, 7) is 1.77. The maximum absolute atomic E-state index is 10.6. The number of rotatable bonds is 2. The molecule has 68 valence electrons. The Morgan fingerprint density at radius 3 is 2.69 bits per heavy atom. The third kappa shape index (κ3) is 3.00. The van der Waals surface area contributed by atoms with Gasteiger partial charge in [-0.15, -0.1) is 0 Å².